The number of amides is 1. The van der Waals surface area contributed by atoms with E-state index < -0.39 is 10.8 Å². The number of hydrogen-bond donors (Lipinski definition) is 2. The third-order valence-corrected chi connectivity index (χ3v) is 7.15. The van der Waals surface area contributed by atoms with Crippen LogP contribution in [0.4, 0.5) is 0 Å². The summed E-state index contributed by atoms with van der Waals surface area (Å²) < 4.78 is 16.9. The van der Waals surface area contributed by atoms with Crippen molar-refractivity contribution in [1.29, 1.82) is 5.41 Å². The van der Waals surface area contributed by atoms with Gasteiger partial charge in [0.1, 0.15) is 5.84 Å². The van der Waals surface area contributed by atoms with Gasteiger partial charge >= 0.3 is 0 Å². The Bertz CT molecular complexity index is 682. The number of carbonyl (C=O) groups excluding carboxylic acids is 1. The van der Waals surface area contributed by atoms with Gasteiger partial charge in [-0.3, -0.25) is 24.2 Å². The fraction of sp³-hybridized carbons (Fsp3) is 0.750. The summed E-state index contributed by atoms with van der Waals surface area (Å²) >= 11 is 0. The summed E-state index contributed by atoms with van der Waals surface area (Å²) in [5.74, 6) is 1.94. The standard InChI is InChI=1S/C20H33N5O3S/c1-15(20(26)23-18(21)6-7-19(22)28-14-16-4-5-16)25-8-2-3-17(13-25)24-9-11-29(27)12-10-24/h6-7,15-17,22H,2-5,8-14H2,1H3,(H2,21,23,26)/b7-6-,22-19?. The van der Waals surface area contributed by atoms with Crippen LogP contribution in [0.2, 0.25) is 0 Å². The lowest BCUT2D eigenvalue weighted by atomic mass is 10.0. The molecule has 3 aliphatic rings. The highest BCUT2D eigenvalue weighted by Gasteiger charge is 2.31. The first-order chi connectivity index (χ1) is 13.9. The molecule has 0 bridgehead atoms. The fourth-order valence-electron chi connectivity index (χ4n) is 3.77. The molecular weight excluding hydrogens is 390 g/mol. The zero-order valence-corrected chi connectivity index (χ0v) is 18.0. The van der Waals surface area contributed by atoms with Crippen LogP contribution in [0.1, 0.15) is 32.6 Å². The number of amidine groups is 1. The Morgan fingerprint density at radius 1 is 1.28 bits per heavy atom. The molecule has 3 N–H and O–H groups in total. The van der Waals surface area contributed by atoms with Crippen LogP contribution >= 0.6 is 0 Å². The summed E-state index contributed by atoms with van der Waals surface area (Å²) in [4.78, 5) is 21.1. The number of carbonyl (C=O) groups is 1. The number of aliphatic imine (C=N–C) groups is 1. The maximum Gasteiger partial charge on any atom is 0.264 e. The van der Waals surface area contributed by atoms with E-state index in [4.69, 9.17) is 15.9 Å². The second kappa shape index (κ2) is 10.4. The van der Waals surface area contributed by atoms with Crippen LogP contribution in [-0.2, 0) is 20.3 Å². The molecule has 0 radical (unpaired) electrons. The normalized spacial score (nSPS) is 26.5. The highest BCUT2D eigenvalue weighted by atomic mass is 32.2. The van der Waals surface area contributed by atoms with E-state index >= 15 is 0 Å². The molecule has 162 valence electrons. The number of hydrogen-bond acceptors (Lipinski definition) is 6. The molecule has 2 unspecified atom stereocenters. The summed E-state index contributed by atoms with van der Waals surface area (Å²) in [5, 5.41) is 7.73. The van der Waals surface area contributed by atoms with E-state index in [9.17, 15) is 9.00 Å². The van der Waals surface area contributed by atoms with Crippen LogP contribution in [-0.4, -0.2) is 88.0 Å². The van der Waals surface area contributed by atoms with Crippen LogP contribution < -0.4 is 5.73 Å². The first-order valence-electron chi connectivity index (χ1n) is 10.5. The maximum absolute atomic E-state index is 12.6. The molecule has 1 saturated carbocycles. The van der Waals surface area contributed by atoms with Gasteiger partial charge in [-0.05, 0) is 51.1 Å². The largest absolute Gasteiger partial charge is 0.478 e. The van der Waals surface area contributed by atoms with E-state index in [0.29, 0.717) is 18.6 Å². The van der Waals surface area contributed by atoms with Gasteiger partial charge in [0.05, 0.1) is 12.6 Å². The van der Waals surface area contributed by atoms with Crippen molar-refractivity contribution in [3.8, 4) is 0 Å². The first-order valence-corrected chi connectivity index (χ1v) is 12.0. The third kappa shape index (κ3) is 7.01. The molecule has 1 aliphatic carbocycles. The Morgan fingerprint density at radius 2 is 2.00 bits per heavy atom. The summed E-state index contributed by atoms with van der Waals surface area (Å²) in [5.41, 5.74) is 5.85. The van der Waals surface area contributed by atoms with E-state index in [1.807, 2.05) is 6.92 Å². The Hall–Kier alpha value is -1.58. The number of piperidine rings is 1. The number of nitrogens with zero attached hydrogens (tertiary/aromatic N) is 3. The topological polar surface area (TPSA) is 112 Å². The smallest absolute Gasteiger partial charge is 0.264 e. The average molecular weight is 424 g/mol. The molecule has 0 aromatic carbocycles. The van der Waals surface area contributed by atoms with E-state index in [-0.39, 0.29) is 23.7 Å². The predicted octanol–water partition coefficient (Wildman–Crippen LogP) is 0.747. The Labute approximate surface area is 175 Å². The molecule has 2 saturated heterocycles. The van der Waals surface area contributed by atoms with Crippen molar-refractivity contribution in [3.05, 3.63) is 12.2 Å². The molecule has 29 heavy (non-hydrogen) atoms. The molecule has 3 fully saturated rings. The van der Waals surface area contributed by atoms with Gasteiger partial charge in [-0.25, -0.2) is 0 Å². The molecule has 0 aromatic heterocycles. The van der Waals surface area contributed by atoms with Gasteiger partial charge in [0.15, 0.2) is 0 Å². The van der Waals surface area contributed by atoms with Gasteiger partial charge in [-0.1, -0.05) is 0 Å². The highest BCUT2D eigenvalue weighted by Crippen LogP contribution is 2.28. The first kappa shape index (κ1) is 22.1. The summed E-state index contributed by atoms with van der Waals surface area (Å²) in [6.45, 7) is 5.88. The molecule has 0 aromatic rings. The van der Waals surface area contributed by atoms with Gasteiger partial charge in [0.25, 0.3) is 5.91 Å². The van der Waals surface area contributed by atoms with Gasteiger partial charge in [-0.15, -0.1) is 0 Å². The second-order valence-electron chi connectivity index (χ2n) is 8.18. The number of likely N-dealkylation sites (tertiary alicyclic amines) is 1. The van der Waals surface area contributed by atoms with Crippen molar-refractivity contribution in [2.24, 2.45) is 16.6 Å². The quantitative estimate of drug-likeness (QED) is 0.462. The van der Waals surface area contributed by atoms with E-state index in [0.717, 1.165) is 50.5 Å². The van der Waals surface area contributed by atoms with Crippen molar-refractivity contribution >= 4 is 28.4 Å². The van der Waals surface area contributed by atoms with Crippen LogP contribution in [0, 0.1) is 11.3 Å². The van der Waals surface area contributed by atoms with Crippen LogP contribution in [0.3, 0.4) is 0 Å². The molecule has 3 rings (SSSR count). The Balaban J connectivity index is 1.48. The zero-order valence-electron chi connectivity index (χ0n) is 17.2. The molecule has 2 heterocycles. The summed E-state index contributed by atoms with van der Waals surface area (Å²) in [7, 11) is -0.675. The molecule has 2 aliphatic heterocycles. The van der Waals surface area contributed by atoms with Crippen molar-refractivity contribution in [3.63, 3.8) is 0 Å². The van der Waals surface area contributed by atoms with Gasteiger partial charge in [-0.2, -0.15) is 4.99 Å². The fourth-order valence-corrected chi connectivity index (χ4v) is 4.85. The van der Waals surface area contributed by atoms with Crippen molar-refractivity contribution < 1.29 is 13.7 Å². The van der Waals surface area contributed by atoms with Crippen molar-refractivity contribution in [1.82, 2.24) is 9.80 Å². The van der Waals surface area contributed by atoms with Gasteiger partial charge in [0.2, 0.25) is 5.90 Å². The lowest BCUT2D eigenvalue weighted by Crippen LogP contribution is -2.54. The SMILES string of the molecule is CC(C(=O)N=C(N)/C=C\C(=N)OCC1CC1)N1CCCC(N2CCS(=O)CC2)C1. The number of nitrogens with one attached hydrogen (secondary N) is 1. The predicted molar refractivity (Wildman–Crippen MR) is 116 cm³/mol. The zero-order chi connectivity index (χ0) is 20.8. The Morgan fingerprint density at radius 3 is 2.69 bits per heavy atom. The van der Waals surface area contributed by atoms with Crippen LogP contribution in [0.15, 0.2) is 17.1 Å². The minimum absolute atomic E-state index is 0.0388. The molecule has 9 heteroatoms. The minimum Gasteiger partial charge on any atom is -0.478 e. The number of nitrogens with two attached hydrogens (primary N) is 1. The van der Waals surface area contributed by atoms with E-state index in [1.165, 1.54) is 25.0 Å². The lowest BCUT2D eigenvalue weighted by Gasteiger charge is -2.42. The maximum atomic E-state index is 12.6. The molecule has 2 atom stereocenters. The van der Waals surface area contributed by atoms with E-state index in [1.54, 1.807) is 0 Å². The highest BCUT2D eigenvalue weighted by molar-refractivity contribution is 7.85. The minimum atomic E-state index is -0.675. The molecule has 8 nitrogen and oxygen atoms in total. The van der Waals surface area contributed by atoms with Crippen molar-refractivity contribution in [2.75, 3.05) is 44.3 Å². The molecule has 0 spiro atoms. The number of rotatable bonds is 7. The van der Waals surface area contributed by atoms with Crippen LogP contribution in [0.25, 0.3) is 0 Å². The monoisotopic (exact) mass is 423 g/mol. The average Bonchev–Trinajstić information content (AvgIpc) is 3.55. The van der Waals surface area contributed by atoms with E-state index in [2.05, 4.69) is 14.8 Å². The summed E-state index contributed by atoms with van der Waals surface area (Å²) in [6, 6.07) is 0.0656. The number of ether oxygens (including phenoxy) is 1. The van der Waals surface area contributed by atoms with Gasteiger partial charge < -0.3 is 10.5 Å². The lowest BCUT2D eigenvalue weighted by molar-refractivity contribution is -0.123. The summed E-state index contributed by atoms with van der Waals surface area (Å²) in [6.07, 6.45) is 7.38. The van der Waals surface area contributed by atoms with Crippen molar-refractivity contribution in [2.45, 2.75) is 44.7 Å². The second-order valence-corrected chi connectivity index (χ2v) is 9.87. The van der Waals surface area contributed by atoms with Gasteiger partial charge in [0, 0.05) is 54.1 Å². The Kier molecular flexibility index (Phi) is 7.97. The third-order valence-electron chi connectivity index (χ3n) is 5.88. The molecule has 1 amide bonds. The van der Waals surface area contributed by atoms with Crippen LogP contribution in [0.5, 0.6) is 0 Å². The molecular formula is C20H33N5O3S.